The molecular weight excluding hydrogens is 147 g/mol. The Hall–Kier alpha value is -1.06. The van der Waals surface area contributed by atoms with Gasteiger partial charge in [-0.05, 0) is 5.92 Å². The minimum atomic E-state index is -0.592. The molecule has 62 valence electrons. The summed E-state index contributed by atoms with van der Waals surface area (Å²) < 4.78 is 17.3. The highest BCUT2D eigenvalue weighted by Crippen LogP contribution is 2.22. The molecule has 0 spiro atoms. The Balaban J connectivity index is 3.02. The third kappa shape index (κ3) is 1.50. The molecule has 0 aliphatic carbocycles. The average molecular weight is 158 g/mol. The molecule has 1 N–H and O–H groups in total. The van der Waals surface area contributed by atoms with Crippen LogP contribution >= 0.6 is 0 Å². The molecule has 0 saturated heterocycles. The van der Waals surface area contributed by atoms with E-state index in [1.165, 1.54) is 7.11 Å². The summed E-state index contributed by atoms with van der Waals surface area (Å²) in [4.78, 5) is 6.00. The summed E-state index contributed by atoms with van der Waals surface area (Å²) in [6.45, 7) is 3.88. The number of nitrogens with one attached hydrogen (secondary N) is 1. The molecule has 4 heteroatoms. The smallest absolute Gasteiger partial charge is 0.290 e. The van der Waals surface area contributed by atoms with Crippen molar-refractivity contribution < 1.29 is 9.13 Å². The zero-order valence-electron chi connectivity index (χ0n) is 6.81. The minimum Gasteiger partial charge on any atom is -0.480 e. The molecule has 0 radical (unpaired) electrons. The quantitative estimate of drug-likeness (QED) is 0.711. The van der Waals surface area contributed by atoms with E-state index in [1.54, 1.807) is 0 Å². The number of H-pyrrole nitrogens is 1. The predicted octanol–water partition coefficient (Wildman–Crippen LogP) is 1.68. The third-order valence-corrected chi connectivity index (χ3v) is 1.44. The lowest BCUT2D eigenvalue weighted by molar-refractivity contribution is 0.388. The Morgan fingerprint density at radius 1 is 1.55 bits per heavy atom. The predicted molar refractivity (Wildman–Crippen MR) is 39.2 cm³/mol. The van der Waals surface area contributed by atoms with Crippen LogP contribution in [0.25, 0.3) is 0 Å². The van der Waals surface area contributed by atoms with Gasteiger partial charge >= 0.3 is 0 Å². The molecule has 3 nitrogen and oxygen atoms in total. The van der Waals surface area contributed by atoms with Gasteiger partial charge < -0.3 is 9.72 Å². The van der Waals surface area contributed by atoms with Crippen LogP contribution in [0.15, 0.2) is 0 Å². The van der Waals surface area contributed by atoms with Crippen molar-refractivity contribution in [3.63, 3.8) is 0 Å². The number of hydrogen-bond acceptors (Lipinski definition) is 2. The second-order valence-corrected chi connectivity index (χ2v) is 2.61. The minimum absolute atomic E-state index is 0.196. The number of hydrogen-bond donors (Lipinski definition) is 1. The molecule has 11 heavy (non-hydrogen) atoms. The fourth-order valence-corrected chi connectivity index (χ4v) is 0.889. The first kappa shape index (κ1) is 8.04. The standard InChI is InChI=1S/C7H11FN2O/c1-4(2)5-6(11-3)10-7(8)9-5/h4H,1-3H3,(H,9,10). The highest BCUT2D eigenvalue weighted by Gasteiger charge is 2.12. The molecule has 1 rings (SSSR count). The maximum Gasteiger partial charge on any atom is 0.290 e. The monoisotopic (exact) mass is 158 g/mol. The summed E-state index contributed by atoms with van der Waals surface area (Å²) in [5.41, 5.74) is 0.699. The van der Waals surface area contributed by atoms with Crippen LogP contribution in [0.3, 0.4) is 0 Å². The number of methoxy groups -OCH3 is 1. The maximum atomic E-state index is 12.5. The van der Waals surface area contributed by atoms with Gasteiger partial charge in [0.15, 0.2) is 0 Å². The molecule has 0 aliphatic heterocycles. The van der Waals surface area contributed by atoms with Gasteiger partial charge in [-0.1, -0.05) is 13.8 Å². The van der Waals surface area contributed by atoms with Crippen molar-refractivity contribution >= 4 is 0 Å². The maximum absolute atomic E-state index is 12.5. The van der Waals surface area contributed by atoms with E-state index < -0.39 is 6.08 Å². The average Bonchev–Trinajstić information content (AvgIpc) is 2.30. The number of aromatic amines is 1. The normalized spacial score (nSPS) is 10.6. The number of nitrogens with zero attached hydrogens (tertiary/aromatic N) is 1. The summed E-state index contributed by atoms with van der Waals surface area (Å²) in [6, 6.07) is 0. The number of rotatable bonds is 2. The summed E-state index contributed by atoms with van der Waals surface area (Å²) in [6.07, 6.45) is -0.592. The van der Waals surface area contributed by atoms with Gasteiger partial charge in [-0.3, -0.25) is 0 Å². The van der Waals surface area contributed by atoms with E-state index in [4.69, 9.17) is 4.74 Å². The van der Waals surface area contributed by atoms with E-state index in [-0.39, 0.29) is 5.92 Å². The van der Waals surface area contributed by atoms with Gasteiger partial charge in [-0.2, -0.15) is 9.37 Å². The highest BCUT2D eigenvalue weighted by molar-refractivity contribution is 5.21. The summed E-state index contributed by atoms with van der Waals surface area (Å²) >= 11 is 0. The fraction of sp³-hybridized carbons (Fsp3) is 0.571. The van der Waals surface area contributed by atoms with Gasteiger partial charge in [0.25, 0.3) is 6.08 Å². The Kier molecular flexibility index (Phi) is 2.12. The SMILES string of the molecule is COc1nc(F)[nH]c1C(C)C. The molecule has 0 amide bonds. The molecule has 0 fully saturated rings. The van der Waals surface area contributed by atoms with Gasteiger partial charge in [0.2, 0.25) is 5.88 Å². The molecular formula is C7H11FN2O. The molecule has 0 aliphatic rings. The van der Waals surface area contributed by atoms with Crippen LogP contribution in [0.5, 0.6) is 5.88 Å². The number of halogens is 1. The van der Waals surface area contributed by atoms with Gasteiger partial charge in [0.05, 0.1) is 12.8 Å². The van der Waals surface area contributed by atoms with Crippen molar-refractivity contribution in [1.82, 2.24) is 9.97 Å². The van der Waals surface area contributed by atoms with Crippen LogP contribution in [0, 0.1) is 6.08 Å². The third-order valence-electron chi connectivity index (χ3n) is 1.44. The first-order valence-electron chi connectivity index (χ1n) is 3.44. The Morgan fingerprint density at radius 2 is 2.18 bits per heavy atom. The fourth-order valence-electron chi connectivity index (χ4n) is 0.889. The van der Waals surface area contributed by atoms with Gasteiger partial charge in [0, 0.05) is 0 Å². The van der Waals surface area contributed by atoms with Crippen LogP contribution in [-0.4, -0.2) is 17.1 Å². The summed E-state index contributed by atoms with van der Waals surface area (Å²) in [5, 5.41) is 0. The van der Waals surface area contributed by atoms with Crippen LogP contribution < -0.4 is 4.74 Å². The number of imidazole rings is 1. The second kappa shape index (κ2) is 2.90. The van der Waals surface area contributed by atoms with Crippen molar-refractivity contribution in [2.75, 3.05) is 7.11 Å². The van der Waals surface area contributed by atoms with Crippen molar-refractivity contribution in [2.45, 2.75) is 19.8 Å². The lowest BCUT2D eigenvalue weighted by Gasteiger charge is -2.02. The van der Waals surface area contributed by atoms with E-state index in [9.17, 15) is 4.39 Å². The zero-order valence-corrected chi connectivity index (χ0v) is 6.81. The second-order valence-electron chi connectivity index (χ2n) is 2.61. The first-order chi connectivity index (χ1) is 5.15. The van der Waals surface area contributed by atoms with E-state index in [0.29, 0.717) is 11.6 Å². The van der Waals surface area contributed by atoms with E-state index >= 15 is 0 Å². The summed E-state index contributed by atoms with van der Waals surface area (Å²) in [7, 11) is 1.47. The molecule has 0 bridgehead atoms. The van der Waals surface area contributed by atoms with Crippen molar-refractivity contribution in [1.29, 1.82) is 0 Å². The molecule has 0 unspecified atom stereocenters. The molecule has 0 atom stereocenters. The number of aromatic nitrogens is 2. The molecule has 1 aromatic heterocycles. The summed E-state index contributed by atoms with van der Waals surface area (Å²) in [5.74, 6) is 0.541. The lowest BCUT2D eigenvalue weighted by Crippen LogP contribution is -1.92. The van der Waals surface area contributed by atoms with Gasteiger partial charge in [-0.15, -0.1) is 0 Å². The Morgan fingerprint density at radius 3 is 2.55 bits per heavy atom. The molecule has 1 heterocycles. The molecule has 0 saturated carbocycles. The Labute approximate surface area is 64.6 Å². The Bertz CT molecular complexity index is 245. The van der Waals surface area contributed by atoms with Crippen molar-refractivity contribution in [2.24, 2.45) is 0 Å². The largest absolute Gasteiger partial charge is 0.480 e. The van der Waals surface area contributed by atoms with Gasteiger partial charge in [0.1, 0.15) is 0 Å². The van der Waals surface area contributed by atoms with Crippen molar-refractivity contribution in [3.05, 3.63) is 11.8 Å². The topological polar surface area (TPSA) is 37.9 Å². The van der Waals surface area contributed by atoms with Crippen molar-refractivity contribution in [3.8, 4) is 5.88 Å². The lowest BCUT2D eigenvalue weighted by atomic mass is 10.1. The van der Waals surface area contributed by atoms with Gasteiger partial charge in [-0.25, -0.2) is 0 Å². The highest BCUT2D eigenvalue weighted by atomic mass is 19.1. The van der Waals surface area contributed by atoms with Crippen LogP contribution in [0.2, 0.25) is 0 Å². The molecule has 1 aromatic rings. The van der Waals surface area contributed by atoms with E-state index in [2.05, 4.69) is 9.97 Å². The number of ether oxygens (including phenoxy) is 1. The first-order valence-corrected chi connectivity index (χ1v) is 3.44. The zero-order chi connectivity index (χ0) is 8.43. The van der Waals surface area contributed by atoms with Crippen LogP contribution in [-0.2, 0) is 0 Å². The molecule has 0 aromatic carbocycles. The van der Waals surface area contributed by atoms with E-state index in [0.717, 1.165) is 0 Å². The van der Waals surface area contributed by atoms with Crippen LogP contribution in [0.4, 0.5) is 4.39 Å². The van der Waals surface area contributed by atoms with Crippen LogP contribution in [0.1, 0.15) is 25.5 Å². The van der Waals surface area contributed by atoms with E-state index in [1.807, 2.05) is 13.8 Å².